The number of pyridine rings is 1. The van der Waals surface area contributed by atoms with Gasteiger partial charge in [-0.25, -0.2) is 4.98 Å². The van der Waals surface area contributed by atoms with Crippen molar-refractivity contribution in [2.75, 3.05) is 0 Å². The molecule has 4 heteroatoms. The van der Waals surface area contributed by atoms with E-state index in [1.54, 1.807) is 0 Å². The number of hydrogen-bond donors (Lipinski definition) is 1. The van der Waals surface area contributed by atoms with Gasteiger partial charge in [-0.3, -0.25) is 0 Å². The first kappa shape index (κ1) is 12.1. The smallest absolute Gasteiger partial charge is 0.219 e. The summed E-state index contributed by atoms with van der Waals surface area (Å²) in [6.07, 6.45) is 0. The molecule has 0 saturated carbocycles. The molecule has 88 valence electrons. The van der Waals surface area contributed by atoms with Crippen LogP contribution in [0.4, 0.5) is 0 Å². The first-order valence-corrected chi connectivity index (χ1v) is 6.08. The Morgan fingerprint density at radius 1 is 1.18 bits per heavy atom. The van der Waals surface area contributed by atoms with Gasteiger partial charge in [-0.05, 0) is 36.8 Å². The van der Waals surface area contributed by atoms with Gasteiger partial charge in [-0.2, -0.15) is 0 Å². The highest BCUT2D eigenvalue weighted by Crippen LogP contribution is 2.22. The van der Waals surface area contributed by atoms with Gasteiger partial charge < -0.3 is 10.5 Å². The van der Waals surface area contributed by atoms with Gasteiger partial charge >= 0.3 is 0 Å². The molecule has 2 N–H and O–H groups in total. The van der Waals surface area contributed by atoms with Gasteiger partial charge in [0, 0.05) is 22.8 Å². The number of benzene rings is 1. The largest absolute Gasteiger partial charge is 0.439 e. The molecule has 0 spiro atoms. The minimum absolute atomic E-state index is 0.497. The second-order valence-corrected chi connectivity index (χ2v) is 4.57. The summed E-state index contributed by atoms with van der Waals surface area (Å²) in [5, 5.41) is 0. The normalized spacial score (nSPS) is 10.3. The quantitative estimate of drug-likeness (QED) is 0.943. The Bertz CT molecular complexity index is 511. The van der Waals surface area contributed by atoms with Crippen LogP contribution in [0.2, 0.25) is 0 Å². The Morgan fingerprint density at radius 2 is 1.88 bits per heavy atom. The summed E-state index contributed by atoms with van der Waals surface area (Å²) in [5.41, 5.74) is 7.52. The molecule has 0 unspecified atom stereocenters. The molecule has 0 aliphatic rings. The zero-order chi connectivity index (χ0) is 12.3. The summed E-state index contributed by atoms with van der Waals surface area (Å²) in [7, 11) is 0. The van der Waals surface area contributed by atoms with Crippen LogP contribution in [0.15, 0.2) is 40.9 Å². The van der Waals surface area contributed by atoms with Crippen LogP contribution >= 0.6 is 15.9 Å². The second kappa shape index (κ2) is 5.29. The van der Waals surface area contributed by atoms with Gasteiger partial charge in [-0.15, -0.1) is 0 Å². The molecular weight excluding hydrogens is 280 g/mol. The van der Waals surface area contributed by atoms with Crippen LogP contribution in [0, 0.1) is 6.92 Å². The summed E-state index contributed by atoms with van der Waals surface area (Å²) in [5.74, 6) is 1.35. The van der Waals surface area contributed by atoms with Gasteiger partial charge in [0.15, 0.2) is 0 Å². The fourth-order valence-corrected chi connectivity index (χ4v) is 1.73. The monoisotopic (exact) mass is 292 g/mol. The molecule has 0 aliphatic carbocycles. The zero-order valence-electron chi connectivity index (χ0n) is 9.48. The van der Waals surface area contributed by atoms with E-state index >= 15 is 0 Å². The SMILES string of the molecule is Cc1nc(Oc2ccc(Br)cc2)ccc1CN. The number of nitrogens with two attached hydrogens (primary N) is 1. The first-order valence-electron chi connectivity index (χ1n) is 5.29. The highest BCUT2D eigenvalue weighted by Gasteiger charge is 2.02. The number of aryl methyl sites for hydroxylation is 1. The van der Waals surface area contributed by atoms with Crippen molar-refractivity contribution < 1.29 is 4.74 Å². The first-order chi connectivity index (χ1) is 8.19. The minimum atomic E-state index is 0.497. The van der Waals surface area contributed by atoms with E-state index in [0.29, 0.717) is 12.4 Å². The lowest BCUT2D eigenvalue weighted by atomic mass is 10.2. The third kappa shape index (κ3) is 3.05. The Hall–Kier alpha value is -1.39. The number of halogens is 1. The summed E-state index contributed by atoms with van der Waals surface area (Å²) < 4.78 is 6.66. The summed E-state index contributed by atoms with van der Waals surface area (Å²) >= 11 is 3.38. The molecule has 1 heterocycles. The van der Waals surface area contributed by atoms with E-state index in [0.717, 1.165) is 21.5 Å². The zero-order valence-corrected chi connectivity index (χ0v) is 11.1. The lowest BCUT2D eigenvalue weighted by Crippen LogP contribution is -2.01. The van der Waals surface area contributed by atoms with Gasteiger partial charge in [0.05, 0.1) is 0 Å². The van der Waals surface area contributed by atoms with Crippen LogP contribution in [0.3, 0.4) is 0 Å². The molecule has 0 fully saturated rings. The maximum absolute atomic E-state index is 5.64. The molecule has 2 rings (SSSR count). The Balaban J connectivity index is 2.19. The van der Waals surface area contributed by atoms with Crippen LogP contribution in [-0.2, 0) is 6.54 Å². The van der Waals surface area contributed by atoms with Crippen LogP contribution in [0.1, 0.15) is 11.3 Å². The highest BCUT2D eigenvalue weighted by molar-refractivity contribution is 9.10. The highest BCUT2D eigenvalue weighted by atomic mass is 79.9. The van der Waals surface area contributed by atoms with Crippen LogP contribution in [0.25, 0.3) is 0 Å². The lowest BCUT2D eigenvalue weighted by molar-refractivity contribution is 0.461. The maximum Gasteiger partial charge on any atom is 0.219 e. The van der Waals surface area contributed by atoms with E-state index < -0.39 is 0 Å². The Kier molecular flexibility index (Phi) is 3.76. The van der Waals surface area contributed by atoms with Gasteiger partial charge in [0.1, 0.15) is 5.75 Å². The molecule has 0 bridgehead atoms. The molecular formula is C13H13BrN2O. The van der Waals surface area contributed by atoms with E-state index in [9.17, 15) is 0 Å². The van der Waals surface area contributed by atoms with Crippen molar-refractivity contribution in [3.8, 4) is 11.6 Å². The molecule has 2 aromatic rings. The molecule has 0 aliphatic heterocycles. The second-order valence-electron chi connectivity index (χ2n) is 3.65. The van der Waals surface area contributed by atoms with Gasteiger partial charge in [0.25, 0.3) is 0 Å². The molecule has 1 aromatic carbocycles. The number of aromatic nitrogens is 1. The predicted molar refractivity (Wildman–Crippen MR) is 71.1 cm³/mol. The van der Waals surface area contributed by atoms with Crippen molar-refractivity contribution in [3.63, 3.8) is 0 Å². The van der Waals surface area contributed by atoms with E-state index in [2.05, 4.69) is 20.9 Å². The summed E-state index contributed by atoms with van der Waals surface area (Å²) in [4.78, 5) is 4.35. The van der Waals surface area contributed by atoms with Crippen LogP contribution in [0.5, 0.6) is 11.6 Å². The van der Waals surface area contributed by atoms with Crippen molar-refractivity contribution in [1.82, 2.24) is 4.98 Å². The topological polar surface area (TPSA) is 48.1 Å². The average Bonchev–Trinajstić information content (AvgIpc) is 2.32. The molecule has 17 heavy (non-hydrogen) atoms. The fraction of sp³-hybridized carbons (Fsp3) is 0.154. The van der Waals surface area contributed by atoms with Gasteiger partial charge in [0.2, 0.25) is 5.88 Å². The maximum atomic E-state index is 5.64. The molecule has 0 radical (unpaired) electrons. The fourth-order valence-electron chi connectivity index (χ4n) is 1.46. The molecule has 3 nitrogen and oxygen atoms in total. The van der Waals surface area contributed by atoms with E-state index in [-0.39, 0.29) is 0 Å². The molecule has 0 amide bonds. The van der Waals surface area contributed by atoms with Crippen LogP contribution < -0.4 is 10.5 Å². The van der Waals surface area contributed by atoms with Crippen molar-refractivity contribution in [1.29, 1.82) is 0 Å². The Labute approximate surface area is 109 Å². The van der Waals surface area contributed by atoms with E-state index in [1.807, 2.05) is 43.3 Å². The number of ether oxygens (including phenoxy) is 1. The molecule has 1 aromatic heterocycles. The van der Waals surface area contributed by atoms with E-state index in [4.69, 9.17) is 10.5 Å². The van der Waals surface area contributed by atoms with Crippen LogP contribution in [-0.4, -0.2) is 4.98 Å². The van der Waals surface area contributed by atoms with Crippen molar-refractivity contribution in [2.24, 2.45) is 5.73 Å². The average molecular weight is 293 g/mol. The van der Waals surface area contributed by atoms with Crippen molar-refractivity contribution in [3.05, 3.63) is 52.1 Å². The third-order valence-corrected chi connectivity index (χ3v) is 2.95. The summed E-state index contributed by atoms with van der Waals surface area (Å²) in [6, 6.07) is 11.4. The predicted octanol–water partition coefficient (Wildman–Crippen LogP) is 3.40. The standard InChI is InChI=1S/C13H13BrN2O/c1-9-10(8-15)2-7-13(16-9)17-12-5-3-11(14)4-6-12/h2-7H,8,15H2,1H3. The Morgan fingerprint density at radius 3 is 2.47 bits per heavy atom. The van der Waals surface area contributed by atoms with Crippen molar-refractivity contribution in [2.45, 2.75) is 13.5 Å². The number of nitrogens with zero attached hydrogens (tertiary/aromatic N) is 1. The minimum Gasteiger partial charge on any atom is -0.439 e. The summed E-state index contributed by atoms with van der Waals surface area (Å²) in [6.45, 7) is 2.42. The third-order valence-electron chi connectivity index (χ3n) is 2.43. The van der Waals surface area contributed by atoms with Crippen molar-refractivity contribution >= 4 is 15.9 Å². The molecule has 0 saturated heterocycles. The lowest BCUT2D eigenvalue weighted by Gasteiger charge is -2.07. The van der Waals surface area contributed by atoms with E-state index in [1.165, 1.54) is 0 Å². The number of rotatable bonds is 3. The number of hydrogen-bond acceptors (Lipinski definition) is 3. The van der Waals surface area contributed by atoms with Gasteiger partial charge in [-0.1, -0.05) is 22.0 Å². The molecule has 0 atom stereocenters.